The van der Waals surface area contributed by atoms with Crippen molar-refractivity contribution in [2.45, 2.75) is 57.8 Å². The third-order valence-corrected chi connectivity index (χ3v) is 5.82. The Kier molecular flexibility index (Phi) is 5.73. The van der Waals surface area contributed by atoms with Crippen molar-refractivity contribution in [3.05, 3.63) is 60.9 Å². The molecular weight excluding hydrogens is 406 g/mol. The standard InChI is InChI=1S/C24H29N5O3/c1-17(29-11-9-24(4,32-22(29)30)15-23(2,3)31)18-5-7-19(8-6-18)20-13-26-21(27-14-20)28-12-10-25-16-28/h5-8,10,12-14,16-17,31H,9,11,15H2,1-4H3/t17-,24-/m0/s1. The lowest BCUT2D eigenvalue weighted by molar-refractivity contribution is -0.0859. The summed E-state index contributed by atoms with van der Waals surface area (Å²) < 4.78 is 7.49. The molecule has 0 unspecified atom stereocenters. The molecule has 8 nitrogen and oxygen atoms in total. The molecule has 8 heteroatoms. The molecule has 2 aromatic heterocycles. The van der Waals surface area contributed by atoms with Crippen LogP contribution in [-0.4, -0.2) is 53.4 Å². The summed E-state index contributed by atoms with van der Waals surface area (Å²) in [6.45, 7) is 7.94. The van der Waals surface area contributed by atoms with Crippen LogP contribution in [-0.2, 0) is 4.74 Å². The lowest BCUT2D eigenvalue weighted by atomic mass is 9.87. The van der Waals surface area contributed by atoms with E-state index >= 15 is 0 Å². The van der Waals surface area contributed by atoms with Crippen molar-refractivity contribution in [3.63, 3.8) is 0 Å². The Morgan fingerprint density at radius 2 is 1.88 bits per heavy atom. The first-order valence-corrected chi connectivity index (χ1v) is 10.8. The lowest BCUT2D eigenvalue weighted by Gasteiger charge is -2.43. The highest BCUT2D eigenvalue weighted by Crippen LogP contribution is 2.35. The molecule has 0 bridgehead atoms. The summed E-state index contributed by atoms with van der Waals surface area (Å²) in [6, 6.07) is 7.93. The van der Waals surface area contributed by atoms with E-state index in [1.807, 2.05) is 38.1 Å². The highest BCUT2D eigenvalue weighted by atomic mass is 16.6. The Bertz CT molecular complexity index is 1060. The summed E-state index contributed by atoms with van der Waals surface area (Å²) in [5, 5.41) is 10.1. The molecule has 1 aromatic carbocycles. The molecule has 168 valence electrons. The Balaban J connectivity index is 1.43. The molecule has 1 fully saturated rings. The SMILES string of the molecule is C[C@@H](c1ccc(-c2cnc(-n3ccnc3)nc2)cc1)N1CC[C@@](C)(CC(C)(C)O)OC1=O. The van der Waals surface area contributed by atoms with E-state index in [-0.39, 0.29) is 12.1 Å². The van der Waals surface area contributed by atoms with Crippen LogP contribution in [0.2, 0.25) is 0 Å². The van der Waals surface area contributed by atoms with Crippen LogP contribution in [0.1, 0.15) is 52.1 Å². The van der Waals surface area contributed by atoms with E-state index in [2.05, 4.69) is 15.0 Å². The van der Waals surface area contributed by atoms with E-state index in [4.69, 9.17) is 4.74 Å². The van der Waals surface area contributed by atoms with Crippen LogP contribution in [0, 0.1) is 0 Å². The fraction of sp³-hybridized carbons (Fsp3) is 0.417. The topological polar surface area (TPSA) is 93.4 Å². The zero-order valence-electron chi connectivity index (χ0n) is 18.9. The van der Waals surface area contributed by atoms with Crippen LogP contribution >= 0.6 is 0 Å². The van der Waals surface area contributed by atoms with Crippen LogP contribution < -0.4 is 0 Å². The summed E-state index contributed by atoms with van der Waals surface area (Å²) in [5.74, 6) is 0.566. The van der Waals surface area contributed by atoms with Gasteiger partial charge in [-0.25, -0.2) is 19.7 Å². The number of carbonyl (C=O) groups excluding carboxylic acids is 1. The number of carbonyl (C=O) groups is 1. The van der Waals surface area contributed by atoms with Crippen LogP contribution in [0.15, 0.2) is 55.4 Å². The maximum absolute atomic E-state index is 12.7. The lowest BCUT2D eigenvalue weighted by Crippen LogP contribution is -2.51. The Labute approximate surface area is 187 Å². The summed E-state index contributed by atoms with van der Waals surface area (Å²) in [6.07, 6.45) is 9.44. The molecule has 0 saturated carbocycles. The number of hydrogen-bond donors (Lipinski definition) is 1. The van der Waals surface area contributed by atoms with Crippen LogP contribution in [0.5, 0.6) is 0 Å². The molecule has 3 heterocycles. The van der Waals surface area contributed by atoms with Gasteiger partial charge < -0.3 is 14.7 Å². The molecule has 1 amide bonds. The maximum atomic E-state index is 12.7. The monoisotopic (exact) mass is 435 g/mol. The first-order chi connectivity index (χ1) is 15.1. The minimum absolute atomic E-state index is 0.122. The first-order valence-electron chi connectivity index (χ1n) is 10.8. The summed E-state index contributed by atoms with van der Waals surface area (Å²) in [7, 11) is 0. The molecule has 0 spiro atoms. The molecule has 4 rings (SSSR count). The zero-order chi connectivity index (χ0) is 22.9. The molecule has 1 aliphatic rings. The van der Waals surface area contributed by atoms with Crippen molar-refractivity contribution in [1.29, 1.82) is 0 Å². The second kappa shape index (κ2) is 8.35. The van der Waals surface area contributed by atoms with Gasteiger partial charge >= 0.3 is 6.09 Å². The van der Waals surface area contributed by atoms with Crippen molar-refractivity contribution >= 4 is 6.09 Å². The first kappa shape index (κ1) is 22.0. The van der Waals surface area contributed by atoms with Gasteiger partial charge in [-0.2, -0.15) is 0 Å². The number of amides is 1. The Morgan fingerprint density at radius 1 is 1.19 bits per heavy atom. The second-order valence-corrected chi connectivity index (χ2v) is 9.29. The number of ether oxygens (including phenoxy) is 1. The molecule has 0 aliphatic carbocycles. The van der Waals surface area contributed by atoms with Crippen LogP contribution in [0.4, 0.5) is 4.79 Å². The number of aromatic nitrogens is 4. The Hall–Kier alpha value is -3.26. The Morgan fingerprint density at radius 3 is 2.44 bits per heavy atom. The summed E-state index contributed by atoms with van der Waals surface area (Å²) in [5.41, 5.74) is 1.38. The van der Waals surface area contributed by atoms with E-state index in [1.54, 1.807) is 54.4 Å². The summed E-state index contributed by atoms with van der Waals surface area (Å²) in [4.78, 5) is 27.3. The van der Waals surface area contributed by atoms with Gasteiger partial charge in [-0.05, 0) is 38.8 Å². The molecule has 32 heavy (non-hydrogen) atoms. The van der Waals surface area contributed by atoms with Crippen molar-refractivity contribution in [2.75, 3.05) is 6.54 Å². The van der Waals surface area contributed by atoms with Gasteiger partial charge in [0.2, 0.25) is 5.95 Å². The summed E-state index contributed by atoms with van der Waals surface area (Å²) >= 11 is 0. The number of aliphatic hydroxyl groups is 1. The van der Waals surface area contributed by atoms with Gasteiger partial charge in [0, 0.05) is 49.7 Å². The van der Waals surface area contributed by atoms with Crippen molar-refractivity contribution in [3.8, 4) is 17.1 Å². The zero-order valence-corrected chi connectivity index (χ0v) is 18.9. The molecule has 1 aliphatic heterocycles. The number of hydrogen-bond acceptors (Lipinski definition) is 6. The number of nitrogens with zero attached hydrogens (tertiary/aromatic N) is 5. The van der Waals surface area contributed by atoms with E-state index in [0.717, 1.165) is 16.7 Å². The average molecular weight is 436 g/mol. The molecule has 2 atom stereocenters. The average Bonchev–Trinajstić information content (AvgIpc) is 3.27. The third-order valence-electron chi connectivity index (χ3n) is 5.82. The normalized spacial score (nSPS) is 20.2. The predicted octanol–water partition coefficient (Wildman–Crippen LogP) is 4.15. The fourth-order valence-corrected chi connectivity index (χ4v) is 4.28. The van der Waals surface area contributed by atoms with Gasteiger partial charge in [-0.1, -0.05) is 24.3 Å². The van der Waals surface area contributed by atoms with Crippen LogP contribution in [0.3, 0.4) is 0 Å². The molecule has 3 aromatic rings. The fourth-order valence-electron chi connectivity index (χ4n) is 4.28. The van der Waals surface area contributed by atoms with E-state index in [0.29, 0.717) is 25.3 Å². The van der Waals surface area contributed by atoms with Gasteiger partial charge in [-0.15, -0.1) is 0 Å². The largest absolute Gasteiger partial charge is 0.443 e. The number of rotatable bonds is 6. The molecule has 1 saturated heterocycles. The van der Waals surface area contributed by atoms with E-state index < -0.39 is 11.2 Å². The third kappa shape index (κ3) is 4.80. The predicted molar refractivity (Wildman–Crippen MR) is 120 cm³/mol. The van der Waals surface area contributed by atoms with E-state index in [9.17, 15) is 9.90 Å². The highest BCUT2D eigenvalue weighted by molar-refractivity contribution is 5.70. The van der Waals surface area contributed by atoms with Gasteiger partial charge in [0.05, 0.1) is 11.6 Å². The number of imidazole rings is 1. The van der Waals surface area contributed by atoms with Crippen molar-refractivity contribution < 1.29 is 14.6 Å². The van der Waals surface area contributed by atoms with Gasteiger partial charge in [0.25, 0.3) is 0 Å². The van der Waals surface area contributed by atoms with Gasteiger partial charge in [0.15, 0.2) is 0 Å². The smallest absolute Gasteiger partial charge is 0.410 e. The highest BCUT2D eigenvalue weighted by Gasteiger charge is 2.41. The number of cyclic esters (lactones) is 1. The van der Waals surface area contributed by atoms with Crippen molar-refractivity contribution in [1.82, 2.24) is 24.4 Å². The van der Waals surface area contributed by atoms with Gasteiger partial charge in [-0.3, -0.25) is 4.57 Å². The van der Waals surface area contributed by atoms with E-state index in [1.165, 1.54) is 0 Å². The quantitative estimate of drug-likeness (QED) is 0.625. The molecule has 1 N–H and O–H groups in total. The number of benzene rings is 1. The molecule has 0 radical (unpaired) electrons. The minimum Gasteiger partial charge on any atom is -0.443 e. The van der Waals surface area contributed by atoms with Gasteiger partial charge in [0.1, 0.15) is 11.9 Å². The van der Waals surface area contributed by atoms with Crippen molar-refractivity contribution in [2.24, 2.45) is 0 Å². The molecular formula is C24H29N5O3. The minimum atomic E-state index is -0.890. The second-order valence-electron chi connectivity index (χ2n) is 9.29. The maximum Gasteiger partial charge on any atom is 0.410 e. The van der Waals surface area contributed by atoms with Crippen LogP contribution in [0.25, 0.3) is 17.1 Å².